The fourth-order valence-electron chi connectivity index (χ4n) is 1.50. The van der Waals surface area contributed by atoms with Crippen LogP contribution in [0.1, 0.15) is 20.3 Å². The summed E-state index contributed by atoms with van der Waals surface area (Å²) in [5.41, 5.74) is 0. The first kappa shape index (κ1) is 20.3. The molecule has 8 heteroatoms. The van der Waals surface area contributed by atoms with Crippen molar-refractivity contribution in [1.29, 1.82) is 0 Å². The summed E-state index contributed by atoms with van der Waals surface area (Å²) >= 11 is 7.28. The maximum atomic E-state index is 11.6. The van der Waals surface area contributed by atoms with Crippen molar-refractivity contribution < 1.29 is 19.1 Å². The van der Waals surface area contributed by atoms with Crippen molar-refractivity contribution in [2.75, 3.05) is 18.9 Å². The third-order valence-corrected chi connectivity index (χ3v) is 3.94. The molecule has 3 amide bonds. The highest BCUT2D eigenvalue weighted by Gasteiger charge is 2.11. The van der Waals surface area contributed by atoms with Crippen molar-refractivity contribution in [3.05, 3.63) is 29.3 Å². The number of amides is 3. The molecule has 0 aliphatic heterocycles. The highest BCUT2D eigenvalue weighted by Crippen LogP contribution is 2.20. The minimum Gasteiger partial charge on any atom is -0.456 e. The number of benzene rings is 1. The first-order chi connectivity index (χ1) is 11.4. The molecular weight excluding hydrogens is 352 g/mol. The Balaban J connectivity index is 2.15. The van der Waals surface area contributed by atoms with Crippen LogP contribution in [0.3, 0.4) is 0 Å². The van der Waals surface area contributed by atoms with E-state index >= 15 is 0 Å². The molecule has 0 aliphatic rings. The normalized spacial score (nSPS) is 10.3. The number of halogens is 1. The van der Waals surface area contributed by atoms with Gasteiger partial charge in [-0.3, -0.25) is 14.9 Å². The predicted molar refractivity (Wildman–Crippen MR) is 94.1 cm³/mol. The van der Waals surface area contributed by atoms with Crippen LogP contribution in [0.2, 0.25) is 5.02 Å². The van der Waals surface area contributed by atoms with Gasteiger partial charge in [0.1, 0.15) is 0 Å². The van der Waals surface area contributed by atoms with Crippen LogP contribution in [-0.2, 0) is 14.3 Å². The molecule has 1 aromatic carbocycles. The van der Waals surface area contributed by atoms with Crippen molar-refractivity contribution >= 4 is 41.3 Å². The molecule has 24 heavy (non-hydrogen) atoms. The molecular formula is C16H21ClN2O4S. The second-order valence-electron chi connectivity index (χ2n) is 5.37. The van der Waals surface area contributed by atoms with E-state index in [1.807, 2.05) is 26.0 Å². The molecule has 0 saturated carbocycles. The van der Waals surface area contributed by atoms with E-state index in [2.05, 4.69) is 10.6 Å². The van der Waals surface area contributed by atoms with E-state index in [1.54, 1.807) is 12.1 Å². The molecule has 132 valence electrons. The van der Waals surface area contributed by atoms with Gasteiger partial charge in [-0.1, -0.05) is 25.4 Å². The summed E-state index contributed by atoms with van der Waals surface area (Å²) < 4.78 is 4.82. The number of hydrogen-bond acceptors (Lipinski definition) is 5. The van der Waals surface area contributed by atoms with E-state index in [1.165, 1.54) is 11.8 Å². The van der Waals surface area contributed by atoms with Crippen molar-refractivity contribution in [3.63, 3.8) is 0 Å². The number of carbonyl (C=O) groups is 3. The zero-order valence-electron chi connectivity index (χ0n) is 13.6. The summed E-state index contributed by atoms with van der Waals surface area (Å²) in [6, 6.07) is 6.68. The van der Waals surface area contributed by atoms with Crippen LogP contribution in [0.15, 0.2) is 29.2 Å². The van der Waals surface area contributed by atoms with E-state index in [0.717, 1.165) is 4.90 Å². The van der Waals surface area contributed by atoms with Gasteiger partial charge in [-0.15, -0.1) is 11.8 Å². The van der Waals surface area contributed by atoms with Gasteiger partial charge < -0.3 is 10.1 Å². The highest BCUT2D eigenvalue weighted by molar-refractivity contribution is 7.99. The molecule has 0 fully saturated rings. The van der Waals surface area contributed by atoms with Gasteiger partial charge in [0.25, 0.3) is 5.91 Å². The minimum absolute atomic E-state index is 0.167. The van der Waals surface area contributed by atoms with E-state index in [0.29, 0.717) is 17.3 Å². The van der Waals surface area contributed by atoms with Crippen LogP contribution < -0.4 is 10.6 Å². The maximum absolute atomic E-state index is 11.6. The number of thioether (sulfide) groups is 1. The van der Waals surface area contributed by atoms with Crippen LogP contribution in [-0.4, -0.2) is 36.8 Å². The smallest absolute Gasteiger partial charge is 0.321 e. The molecule has 0 spiro atoms. The average molecular weight is 373 g/mol. The third-order valence-electron chi connectivity index (χ3n) is 2.68. The van der Waals surface area contributed by atoms with Gasteiger partial charge in [0.05, 0.1) is 6.42 Å². The fourth-order valence-corrected chi connectivity index (χ4v) is 2.46. The largest absolute Gasteiger partial charge is 0.456 e. The summed E-state index contributed by atoms with van der Waals surface area (Å²) in [7, 11) is 0. The van der Waals surface area contributed by atoms with Gasteiger partial charge in [-0.2, -0.15) is 0 Å². The number of imide groups is 1. The lowest BCUT2D eigenvalue weighted by molar-refractivity contribution is -0.147. The lowest BCUT2D eigenvalue weighted by Crippen LogP contribution is -2.42. The molecule has 0 heterocycles. The number of nitrogens with one attached hydrogen (secondary N) is 2. The van der Waals surface area contributed by atoms with Crippen molar-refractivity contribution in [2.45, 2.75) is 25.2 Å². The summed E-state index contributed by atoms with van der Waals surface area (Å²) in [5, 5.41) is 5.28. The number of esters is 1. The van der Waals surface area contributed by atoms with E-state index in [-0.39, 0.29) is 12.3 Å². The van der Waals surface area contributed by atoms with Gasteiger partial charge in [-0.25, -0.2) is 4.79 Å². The topological polar surface area (TPSA) is 84.5 Å². The molecule has 0 aliphatic carbocycles. The Kier molecular flexibility index (Phi) is 9.26. The molecule has 1 aromatic rings. The Hall–Kier alpha value is -1.73. The first-order valence-corrected chi connectivity index (χ1v) is 8.85. The zero-order valence-corrected chi connectivity index (χ0v) is 15.2. The zero-order chi connectivity index (χ0) is 17.9. The van der Waals surface area contributed by atoms with Crippen LogP contribution in [0.25, 0.3) is 0 Å². The monoisotopic (exact) mass is 372 g/mol. The summed E-state index contributed by atoms with van der Waals surface area (Å²) in [6.07, 6.45) is 0.167. The van der Waals surface area contributed by atoms with Crippen LogP contribution >= 0.6 is 23.4 Å². The molecule has 0 saturated heterocycles. The number of urea groups is 1. The second kappa shape index (κ2) is 10.9. The number of carbonyl (C=O) groups excluding carboxylic acids is 3. The molecule has 0 radical (unpaired) electrons. The summed E-state index contributed by atoms with van der Waals surface area (Å²) in [5.74, 6) is -0.345. The summed E-state index contributed by atoms with van der Waals surface area (Å²) in [6.45, 7) is 3.86. The molecule has 0 unspecified atom stereocenters. The molecule has 2 N–H and O–H groups in total. The number of hydrogen-bond donors (Lipinski definition) is 2. The number of rotatable bonds is 8. The quantitative estimate of drug-likeness (QED) is 0.541. The second-order valence-corrected chi connectivity index (χ2v) is 6.97. The molecule has 0 aromatic heterocycles. The summed E-state index contributed by atoms with van der Waals surface area (Å²) in [4.78, 5) is 35.4. The molecule has 6 nitrogen and oxygen atoms in total. The van der Waals surface area contributed by atoms with Crippen molar-refractivity contribution in [3.8, 4) is 0 Å². The van der Waals surface area contributed by atoms with Crippen molar-refractivity contribution in [1.82, 2.24) is 10.6 Å². The predicted octanol–water partition coefficient (Wildman–Crippen LogP) is 2.85. The lowest BCUT2D eigenvalue weighted by atomic mass is 10.2. The van der Waals surface area contributed by atoms with Gasteiger partial charge in [0, 0.05) is 22.2 Å². The highest BCUT2D eigenvalue weighted by atomic mass is 35.5. The van der Waals surface area contributed by atoms with Crippen LogP contribution in [0.5, 0.6) is 0 Å². The molecule has 0 bridgehead atoms. The minimum atomic E-state index is -0.657. The van der Waals surface area contributed by atoms with Gasteiger partial charge in [0.2, 0.25) is 0 Å². The Morgan fingerprint density at radius 2 is 1.88 bits per heavy atom. The Morgan fingerprint density at radius 1 is 1.21 bits per heavy atom. The lowest BCUT2D eigenvalue weighted by Gasteiger charge is -2.09. The van der Waals surface area contributed by atoms with E-state index < -0.39 is 24.5 Å². The molecule has 0 atom stereocenters. The van der Waals surface area contributed by atoms with Gasteiger partial charge in [0.15, 0.2) is 6.61 Å². The van der Waals surface area contributed by atoms with Crippen molar-refractivity contribution in [2.24, 2.45) is 5.92 Å². The first-order valence-electron chi connectivity index (χ1n) is 7.48. The number of ether oxygens (including phenoxy) is 1. The van der Waals surface area contributed by atoms with E-state index in [4.69, 9.17) is 16.3 Å². The third kappa shape index (κ3) is 9.42. The Labute approximate surface area is 150 Å². The SMILES string of the molecule is CC(C)CNC(=O)NC(=O)COC(=O)CCSc1ccc(Cl)cc1. The average Bonchev–Trinajstić information content (AvgIpc) is 2.53. The Bertz CT molecular complexity index is 564. The fraction of sp³-hybridized carbons (Fsp3) is 0.438. The maximum Gasteiger partial charge on any atom is 0.321 e. The van der Waals surface area contributed by atoms with Gasteiger partial charge >= 0.3 is 12.0 Å². The standard InChI is InChI=1S/C16H21ClN2O4S/c1-11(2)9-18-16(22)19-14(20)10-23-15(21)7-8-24-13-5-3-12(17)4-6-13/h3-6,11H,7-10H2,1-2H3,(H2,18,19,20,22). The van der Waals surface area contributed by atoms with Crippen LogP contribution in [0.4, 0.5) is 4.79 Å². The molecule has 1 rings (SSSR count). The van der Waals surface area contributed by atoms with Gasteiger partial charge in [-0.05, 0) is 30.2 Å². The van der Waals surface area contributed by atoms with Crippen LogP contribution in [0, 0.1) is 5.92 Å². The van der Waals surface area contributed by atoms with E-state index in [9.17, 15) is 14.4 Å². The Morgan fingerprint density at radius 3 is 2.50 bits per heavy atom.